The molecule has 1 nitrogen and oxygen atoms in total. The highest BCUT2D eigenvalue weighted by molar-refractivity contribution is 9.10. The molecule has 0 bridgehead atoms. The molecule has 0 N–H and O–H groups in total. The zero-order valence-electron chi connectivity index (χ0n) is 6.74. The van der Waals surface area contributed by atoms with Crippen molar-refractivity contribution < 1.29 is 4.42 Å². The lowest BCUT2D eigenvalue weighted by atomic mass is 10.4. The molecule has 2 aromatic rings. The van der Waals surface area contributed by atoms with Crippen molar-refractivity contribution in [2.45, 2.75) is 9.99 Å². The van der Waals surface area contributed by atoms with E-state index in [4.69, 9.17) is 4.42 Å². The normalized spacial score (nSPS) is 10.2. The quantitative estimate of drug-likeness (QED) is 0.798. The van der Waals surface area contributed by atoms with Gasteiger partial charge in [-0.3, -0.25) is 0 Å². The molecule has 1 heterocycles. The minimum atomic E-state index is 0.901. The summed E-state index contributed by atoms with van der Waals surface area (Å²) in [6.45, 7) is 0. The fourth-order valence-corrected chi connectivity index (χ4v) is 2.21. The van der Waals surface area contributed by atoms with Crippen molar-refractivity contribution in [3.8, 4) is 0 Å². The van der Waals surface area contributed by atoms with Crippen LogP contribution in [0.4, 0.5) is 0 Å². The number of benzene rings is 1. The summed E-state index contributed by atoms with van der Waals surface area (Å²) in [6, 6.07) is 12.1. The van der Waals surface area contributed by atoms with Crippen LogP contribution in [0.25, 0.3) is 0 Å². The van der Waals surface area contributed by atoms with Crippen LogP contribution in [0, 0.1) is 0 Å². The van der Waals surface area contributed by atoms with Gasteiger partial charge in [-0.2, -0.15) is 0 Å². The molecule has 0 saturated heterocycles. The van der Waals surface area contributed by atoms with Gasteiger partial charge in [-0.15, -0.1) is 0 Å². The second-order valence-electron chi connectivity index (χ2n) is 2.50. The third-order valence-electron chi connectivity index (χ3n) is 1.51. The molecule has 1 aromatic carbocycles. The Bertz CT molecular complexity index is 383. The number of halogens is 1. The fourth-order valence-electron chi connectivity index (χ4n) is 0.953. The minimum absolute atomic E-state index is 0.901. The summed E-state index contributed by atoms with van der Waals surface area (Å²) in [4.78, 5) is 1.18. The lowest BCUT2D eigenvalue weighted by Crippen LogP contribution is -1.67. The first-order valence-electron chi connectivity index (χ1n) is 3.81. The van der Waals surface area contributed by atoms with E-state index in [1.807, 2.05) is 24.3 Å². The van der Waals surface area contributed by atoms with Crippen molar-refractivity contribution in [1.29, 1.82) is 0 Å². The van der Waals surface area contributed by atoms with Crippen LogP contribution >= 0.6 is 27.7 Å². The van der Waals surface area contributed by atoms with Crippen LogP contribution in [0.2, 0.25) is 0 Å². The molecule has 0 amide bonds. The molecule has 0 aliphatic heterocycles. The number of hydrogen-bond donors (Lipinski definition) is 0. The molecule has 0 unspecified atom stereocenters. The molecule has 66 valence electrons. The van der Waals surface area contributed by atoms with E-state index in [0.717, 1.165) is 9.56 Å². The van der Waals surface area contributed by atoms with Gasteiger partial charge in [-0.25, -0.2) is 0 Å². The maximum atomic E-state index is 5.28. The van der Waals surface area contributed by atoms with E-state index in [1.54, 1.807) is 18.0 Å². The van der Waals surface area contributed by atoms with Crippen LogP contribution in [-0.4, -0.2) is 0 Å². The maximum absolute atomic E-state index is 5.28. The van der Waals surface area contributed by atoms with E-state index in [9.17, 15) is 0 Å². The highest BCUT2D eigenvalue weighted by Crippen LogP contribution is 2.30. The van der Waals surface area contributed by atoms with E-state index >= 15 is 0 Å². The predicted octanol–water partition coefficient (Wildman–Crippen LogP) is 4.19. The Morgan fingerprint density at radius 1 is 1.15 bits per heavy atom. The molecule has 13 heavy (non-hydrogen) atoms. The highest BCUT2D eigenvalue weighted by Gasteiger charge is 2.00. The van der Waals surface area contributed by atoms with Crippen LogP contribution in [0.15, 0.2) is 61.5 Å². The topological polar surface area (TPSA) is 13.1 Å². The molecule has 2 rings (SSSR count). The fraction of sp³-hybridized carbons (Fsp3) is 0. The van der Waals surface area contributed by atoms with Gasteiger partial charge in [0.15, 0.2) is 5.09 Å². The van der Waals surface area contributed by atoms with E-state index in [0.29, 0.717) is 0 Å². The summed E-state index contributed by atoms with van der Waals surface area (Å²) in [5.74, 6) is 0. The van der Waals surface area contributed by atoms with Gasteiger partial charge in [0.1, 0.15) is 6.26 Å². The SMILES string of the molecule is Brc1coc(Sc2ccccc2)c1. The van der Waals surface area contributed by atoms with Gasteiger partial charge in [-0.1, -0.05) is 30.0 Å². The lowest BCUT2D eigenvalue weighted by molar-refractivity contribution is 0.474. The van der Waals surface area contributed by atoms with Crippen molar-refractivity contribution in [1.82, 2.24) is 0 Å². The standard InChI is InChI=1S/C10H7BrOS/c11-8-6-10(12-7-8)13-9-4-2-1-3-5-9/h1-7H. The van der Waals surface area contributed by atoms with Gasteiger partial charge in [0.2, 0.25) is 0 Å². The monoisotopic (exact) mass is 254 g/mol. The highest BCUT2D eigenvalue weighted by atomic mass is 79.9. The molecule has 0 saturated carbocycles. The predicted molar refractivity (Wildman–Crippen MR) is 57.0 cm³/mol. The molecule has 0 fully saturated rings. The summed E-state index contributed by atoms with van der Waals surface area (Å²) in [5.41, 5.74) is 0. The molecule has 0 aliphatic rings. The third kappa shape index (κ3) is 2.39. The molecular formula is C10H7BrOS. The Hall–Kier alpha value is -0.670. The Balaban J connectivity index is 2.15. The third-order valence-corrected chi connectivity index (χ3v) is 2.84. The van der Waals surface area contributed by atoms with Crippen molar-refractivity contribution in [3.05, 3.63) is 47.1 Å². The van der Waals surface area contributed by atoms with Crippen molar-refractivity contribution in [2.24, 2.45) is 0 Å². The Kier molecular flexibility index (Phi) is 2.76. The largest absolute Gasteiger partial charge is 0.457 e. The van der Waals surface area contributed by atoms with Crippen LogP contribution < -0.4 is 0 Å². The summed E-state index contributed by atoms with van der Waals surface area (Å²) >= 11 is 4.95. The van der Waals surface area contributed by atoms with Gasteiger partial charge < -0.3 is 4.42 Å². The average Bonchev–Trinajstić information content (AvgIpc) is 2.53. The first-order valence-corrected chi connectivity index (χ1v) is 5.42. The minimum Gasteiger partial charge on any atom is -0.457 e. The van der Waals surface area contributed by atoms with E-state index in [1.165, 1.54) is 4.90 Å². The van der Waals surface area contributed by atoms with Gasteiger partial charge in [0.05, 0.1) is 4.47 Å². The zero-order chi connectivity index (χ0) is 9.10. The molecule has 0 atom stereocenters. The Morgan fingerprint density at radius 2 is 1.92 bits per heavy atom. The van der Waals surface area contributed by atoms with Crippen molar-refractivity contribution >= 4 is 27.7 Å². The number of furan rings is 1. The maximum Gasteiger partial charge on any atom is 0.165 e. The van der Waals surface area contributed by atoms with Crippen molar-refractivity contribution in [2.75, 3.05) is 0 Å². The Labute approximate surface area is 89.3 Å². The van der Waals surface area contributed by atoms with Gasteiger partial charge in [0.25, 0.3) is 0 Å². The second-order valence-corrected chi connectivity index (χ2v) is 4.49. The van der Waals surface area contributed by atoms with Gasteiger partial charge >= 0.3 is 0 Å². The van der Waals surface area contributed by atoms with Crippen LogP contribution in [0.1, 0.15) is 0 Å². The smallest absolute Gasteiger partial charge is 0.165 e. The van der Waals surface area contributed by atoms with Gasteiger partial charge in [0, 0.05) is 11.0 Å². The summed E-state index contributed by atoms with van der Waals surface area (Å²) < 4.78 is 6.26. The van der Waals surface area contributed by atoms with Crippen LogP contribution in [0.3, 0.4) is 0 Å². The molecule has 0 radical (unpaired) electrons. The summed E-state index contributed by atoms with van der Waals surface area (Å²) in [5, 5.41) is 0.901. The van der Waals surface area contributed by atoms with E-state index in [2.05, 4.69) is 28.1 Å². The van der Waals surface area contributed by atoms with Crippen LogP contribution in [-0.2, 0) is 0 Å². The summed E-state index contributed by atoms with van der Waals surface area (Å²) in [6.07, 6.45) is 1.69. The van der Waals surface area contributed by atoms with E-state index < -0.39 is 0 Å². The van der Waals surface area contributed by atoms with Crippen molar-refractivity contribution in [3.63, 3.8) is 0 Å². The number of hydrogen-bond acceptors (Lipinski definition) is 2. The first kappa shape index (κ1) is 8.91. The van der Waals surface area contributed by atoms with E-state index in [-0.39, 0.29) is 0 Å². The average molecular weight is 255 g/mol. The first-order chi connectivity index (χ1) is 6.34. The second kappa shape index (κ2) is 4.03. The van der Waals surface area contributed by atoms with Crippen LogP contribution in [0.5, 0.6) is 0 Å². The van der Waals surface area contributed by atoms with Gasteiger partial charge in [-0.05, 0) is 28.1 Å². The molecule has 1 aromatic heterocycles. The lowest BCUT2D eigenvalue weighted by Gasteiger charge is -1.94. The molecular weight excluding hydrogens is 248 g/mol. The zero-order valence-corrected chi connectivity index (χ0v) is 9.14. The molecule has 0 aliphatic carbocycles. The summed E-state index contributed by atoms with van der Waals surface area (Å²) in [7, 11) is 0. The molecule has 0 spiro atoms. The molecule has 3 heteroatoms. The number of rotatable bonds is 2. The Morgan fingerprint density at radius 3 is 2.54 bits per heavy atom.